The predicted octanol–water partition coefficient (Wildman–Crippen LogP) is 1.17. The third kappa shape index (κ3) is 2.20. The number of rotatable bonds is 3. The highest BCUT2D eigenvalue weighted by Gasteiger charge is 2.26. The van der Waals surface area contributed by atoms with Crippen molar-refractivity contribution >= 4 is 17.6 Å². The second kappa shape index (κ2) is 4.71. The topological polar surface area (TPSA) is 123 Å². The van der Waals surface area contributed by atoms with Crippen molar-refractivity contribution in [3.8, 4) is 0 Å². The SMILES string of the molecule is O=C(O)C1=C[C@H](c2cccc([N+](=O)[O-])c2)n2ncnc2N1. The van der Waals surface area contributed by atoms with Crippen LogP contribution in [0.5, 0.6) is 0 Å². The lowest BCUT2D eigenvalue weighted by atomic mass is 10.0. The molecule has 1 aliphatic heterocycles. The van der Waals surface area contributed by atoms with Crippen LogP contribution in [0.1, 0.15) is 11.6 Å². The summed E-state index contributed by atoms with van der Waals surface area (Å²) in [5.41, 5.74) is 0.432. The molecule has 9 nitrogen and oxygen atoms in total. The molecule has 0 fully saturated rings. The Kier molecular flexibility index (Phi) is 2.87. The van der Waals surface area contributed by atoms with Crippen molar-refractivity contribution in [1.29, 1.82) is 0 Å². The smallest absolute Gasteiger partial charge is 0.352 e. The summed E-state index contributed by atoms with van der Waals surface area (Å²) in [6.07, 6.45) is 2.72. The minimum atomic E-state index is -1.14. The molecule has 0 radical (unpaired) electrons. The van der Waals surface area contributed by atoms with Gasteiger partial charge in [-0.3, -0.25) is 10.1 Å². The van der Waals surface area contributed by atoms with Crippen LogP contribution in [0, 0.1) is 10.1 Å². The molecule has 0 unspecified atom stereocenters. The maximum Gasteiger partial charge on any atom is 0.352 e. The monoisotopic (exact) mass is 287 g/mol. The minimum Gasteiger partial charge on any atom is -0.477 e. The number of hydrogen-bond donors (Lipinski definition) is 2. The zero-order chi connectivity index (χ0) is 15.0. The molecule has 1 aliphatic rings. The number of nitrogens with one attached hydrogen (secondary N) is 1. The molecule has 0 saturated heterocycles. The lowest BCUT2D eigenvalue weighted by molar-refractivity contribution is -0.384. The number of aromatic nitrogens is 3. The first-order valence-electron chi connectivity index (χ1n) is 5.92. The fourth-order valence-corrected chi connectivity index (χ4v) is 2.12. The first-order valence-corrected chi connectivity index (χ1v) is 5.92. The fourth-order valence-electron chi connectivity index (χ4n) is 2.12. The Labute approximate surface area is 117 Å². The summed E-state index contributed by atoms with van der Waals surface area (Å²) < 4.78 is 1.46. The Balaban J connectivity index is 2.10. The second-order valence-electron chi connectivity index (χ2n) is 4.34. The molecule has 106 valence electrons. The quantitative estimate of drug-likeness (QED) is 0.641. The van der Waals surface area contributed by atoms with E-state index in [1.165, 1.54) is 29.2 Å². The highest BCUT2D eigenvalue weighted by molar-refractivity contribution is 5.90. The van der Waals surface area contributed by atoms with E-state index in [-0.39, 0.29) is 17.3 Å². The van der Waals surface area contributed by atoms with E-state index >= 15 is 0 Å². The number of aliphatic carboxylic acids is 1. The Morgan fingerprint density at radius 1 is 1.48 bits per heavy atom. The van der Waals surface area contributed by atoms with Gasteiger partial charge in [-0.1, -0.05) is 12.1 Å². The first-order chi connectivity index (χ1) is 10.1. The van der Waals surface area contributed by atoms with Crippen LogP contribution in [-0.4, -0.2) is 30.8 Å². The van der Waals surface area contributed by atoms with Crippen molar-refractivity contribution in [1.82, 2.24) is 14.8 Å². The van der Waals surface area contributed by atoms with Gasteiger partial charge in [0, 0.05) is 12.1 Å². The number of hydrogen-bond acceptors (Lipinski definition) is 6. The van der Waals surface area contributed by atoms with Crippen LogP contribution in [0.4, 0.5) is 11.6 Å². The molecule has 1 aromatic carbocycles. The summed E-state index contributed by atoms with van der Waals surface area (Å²) in [6, 6.07) is 5.39. The average Bonchev–Trinajstić information content (AvgIpc) is 2.94. The van der Waals surface area contributed by atoms with Gasteiger partial charge in [-0.05, 0) is 11.6 Å². The van der Waals surface area contributed by atoms with Gasteiger partial charge in [-0.15, -0.1) is 0 Å². The van der Waals surface area contributed by atoms with Crippen LogP contribution in [0.15, 0.2) is 42.4 Å². The number of non-ortho nitro benzene ring substituents is 1. The lowest BCUT2D eigenvalue weighted by Crippen LogP contribution is -2.24. The highest BCUT2D eigenvalue weighted by atomic mass is 16.6. The summed E-state index contributed by atoms with van der Waals surface area (Å²) in [5, 5.41) is 26.6. The number of carbonyl (C=O) groups is 1. The fraction of sp³-hybridized carbons (Fsp3) is 0.0833. The van der Waals surface area contributed by atoms with Gasteiger partial charge in [0.1, 0.15) is 18.1 Å². The molecule has 2 heterocycles. The normalized spacial score (nSPS) is 16.6. The van der Waals surface area contributed by atoms with E-state index in [1.807, 2.05) is 0 Å². The maximum atomic E-state index is 11.1. The molecule has 2 aromatic rings. The Morgan fingerprint density at radius 2 is 2.29 bits per heavy atom. The molecule has 3 rings (SSSR count). The van der Waals surface area contributed by atoms with Gasteiger partial charge in [0.05, 0.1) is 4.92 Å². The summed E-state index contributed by atoms with van der Waals surface area (Å²) in [5.74, 6) is -0.869. The lowest BCUT2D eigenvalue weighted by Gasteiger charge is -2.22. The van der Waals surface area contributed by atoms with Crippen molar-refractivity contribution < 1.29 is 14.8 Å². The molecular weight excluding hydrogens is 278 g/mol. The number of nitro groups is 1. The molecule has 0 aliphatic carbocycles. The molecule has 0 amide bonds. The van der Waals surface area contributed by atoms with E-state index in [4.69, 9.17) is 5.11 Å². The van der Waals surface area contributed by atoms with Gasteiger partial charge >= 0.3 is 5.97 Å². The summed E-state index contributed by atoms with van der Waals surface area (Å²) >= 11 is 0. The van der Waals surface area contributed by atoms with Crippen molar-refractivity contribution in [3.05, 3.63) is 58.0 Å². The Bertz CT molecular complexity index is 767. The summed E-state index contributed by atoms with van der Waals surface area (Å²) in [7, 11) is 0. The number of carboxylic acids is 1. The number of carboxylic acid groups (broad SMARTS) is 1. The van der Waals surface area contributed by atoms with Gasteiger partial charge in [0.25, 0.3) is 5.69 Å². The van der Waals surface area contributed by atoms with Crippen molar-refractivity contribution in [2.75, 3.05) is 5.32 Å². The molecule has 21 heavy (non-hydrogen) atoms. The van der Waals surface area contributed by atoms with Crippen LogP contribution in [-0.2, 0) is 4.79 Å². The molecule has 1 atom stereocenters. The number of benzene rings is 1. The van der Waals surface area contributed by atoms with Gasteiger partial charge in [0.2, 0.25) is 5.95 Å². The summed E-state index contributed by atoms with van der Waals surface area (Å²) in [4.78, 5) is 25.4. The van der Waals surface area contributed by atoms with Crippen LogP contribution >= 0.6 is 0 Å². The number of fused-ring (bicyclic) bond motifs is 1. The van der Waals surface area contributed by atoms with Gasteiger partial charge in [-0.25, -0.2) is 9.48 Å². The molecule has 0 spiro atoms. The Morgan fingerprint density at radius 3 is 3.00 bits per heavy atom. The van der Waals surface area contributed by atoms with Crippen LogP contribution in [0.3, 0.4) is 0 Å². The van der Waals surface area contributed by atoms with Gasteiger partial charge in [0.15, 0.2) is 0 Å². The number of nitrogens with zero attached hydrogens (tertiary/aromatic N) is 4. The van der Waals surface area contributed by atoms with Crippen LogP contribution in [0.25, 0.3) is 0 Å². The highest BCUT2D eigenvalue weighted by Crippen LogP contribution is 2.29. The van der Waals surface area contributed by atoms with Crippen molar-refractivity contribution in [3.63, 3.8) is 0 Å². The maximum absolute atomic E-state index is 11.1. The largest absolute Gasteiger partial charge is 0.477 e. The van der Waals surface area contributed by atoms with Crippen LogP contribution < -0.4 is 5.32 Å². The number of allylic oxidation sites excluding steroid dienone is 1. The van der Waals surface area contributed by atoms with E-state index in [9.17, 15) is 14.9 Å². The van der Waals surface area contributed by atoms with E-state index in [0.29, 0.717) is 5.56 Å². The van der Waals surface area contributed by atoms with E-state index in [0.717, 1.165) is 0 Å². The zero-order valence-electron chi connectivity index (χ0n) is 10.5. The number of nitro benzene ring substituents is 1. The summed E-state index contributed by atoms with van der Waals surface area (Å²) in [6.45, 7) is 0. The molecule has 1 aromatic heterocycles. The number of anilines is 1. The molecular formula is C12H9N5O4. The molecule has 0 bridgehead atoms. The van der Waals surface area contributed by atoms with Crippen molar-refractivity contribution in [2.24, 2.45) is 0 Å². The average molecular weight is 287 g/mol. The zero-order valence-corrected chi connectivity index (χ0v) is 10.5. The van der Waals surface area contributed by atoms with Crippen LogP contribution in [0.2, 0.25) is 0 Å². The van der Waals surface area contributed by atoms with Gasteiger partial charge in [-0.2, -0.15) is 10.1 Å². The third-order valence-electron chi connectivity index (χ3n) is 3.06. The standard InChI is InChI=1S/C12H9N5O4/c18-11(19)9-5-10(16-12(15-9)13-6-14-16)7-2-1-3-8(4-7)17(20)21/h1-6,10H,(H,18,19)(H,13,14,15)/t10-/m1/s1. The minimum absolute atomic E-state index is 0.0491. The third-order valence-corrected chi connectivity index (χ3v) is 3.06. The van der Waals surface area contributed by atoms with E-state index in [1.54, 1.807) is 12.1 Å². The molecule has 0 saturated carbocycles. The molecule has 2 N–H and O–H groups in total. The van der Waals surface area contributed by atoms with Crippen molar-refractivity contribution in [2.45, 2.75) is 6.04 Å². The molecule has 9 heteroatoms. The second-order valence-corrected chi connectivity index (χ2v) is 4.34. The Hall–Kier alpha value is -3.23. The van der Waals surface area contributed by atoms with E-state index in [2.05, 4.69) is 15.4 Å². The van der Waals surface area contributed by atoms with E-state index < -0.39 is 16.9 Å². The predicted molar refractivity (Wildman–Crippen MR) is 70.6 cm³/mol. The first kappa shape index (κ1) is 12.8. The van der Waals surface area contributed by atoms with Gasteiger partial charge < -0.3 is 10.4 Å².